The molecule has 0 radical (unpaired) electrons. The summed E-state index contributed by atoms with van der Waals surface area (Å²) in [6.45, 7) is 1.52. The molecule has 0 aromatic heterocycles. The fourth-order valence-corrected chi connectivity index (χ4v) is 3.57. The second-order valence-electron chi connectivity index (χ2n) is 6.75. The number of halogens is 1. The second kappa shape index (κ2) is 8.49. The van der Waals surface area contributed by atoms with Crippen LogP contribution in [0.1, 0.15) is 24.8 Å². The third-order valence-electron chi connectivity index (χ3n) is 4.86. The average molecular weight is 353 g/mol. The van der Waals surface area contributed by atoms with Gasteiger partial charge in [-0.2, -0.15) is 0 Å². The molecule has 1 aliphatic carbocycles. The number of aliphatic carboxylic acids is 1. The predicted octanol–water partition coefficient (Wildman–Crippen LogP) is 1.95. The Balaban J connectivity index is 0.00000208. The molecule has 2 N–H and O–H groups in total. The van der Waals surface area contributed by atoms with Gasteiger partial charge in [-0.3, -0.25) is 14.5 Å². The molecule has 1 saturated heterocycles. The van der Waals surface area contributed by atoms with E-state index in [1.54, 1.807) is 0 Å². The van der Waals surface area contributed by atoms with Crippen molar-refractivity contribution < 1.29 is 14.7 Å². The first-order valence-electron chi connectivity index (χ1n) is 8.39. The maximum absolute atomic E-state index is 12.2. The Kier molecular flexibility index (Phi) is 6.63. The normalized spacial score (nSPS) is 23.5. The molecule has 1 amide bonds. The number of rotatable bonds is 7. The molecule has 2 aliphatic rings. The van der Waals surface area contributed by atoms with E-state index in [2.05, 4.69) is 5.32 Å². The molecule has 1 heterocycles. The Morgan fingerprint density at radius 3 is 2.50 bits per heavy atom. The molecule has 0 bridgehead atoms. The molecule has 1 aromatic rings. The van der Waals surface area contributed by atoms with Crippen molar-refractivity contribution in [3.8, 4) is 0 Å². The van der Waals surface area contributed by atoms with Crippen LogP contribution in [0, 0.1) is 11.8 Å². The van der Waals surface area contributed by atoms with Crippen molar-refractivity contribution in [3.05, 3.63) is 35.9 Å². The Hall–Kier alpha value is -1.59. The molecule has 0 unspecified atom stereocenters. The molecule has 6 heteroatoms. The summed E-state index contributed by atoms with van der Waals surface area (Å²) < 4.78 is 0. The van der Waals surface area contributed by atoms with Gasteiger partial charge in [0.15, 0.2) is 0 Å². The summed E-state index contributed by atoms with van der Waals surface area (Å²) in [7, 11) is 0. The summed E-state index contributed by atoms with van der Waals surface area (Å²) in [6.07, 6.45) is 3.65. The maximum atomic E-state index is 12.2. The van der Waals surface area contributed by atoms with Crippen molar-refractivity contribution in [2.45, 2.75) is 31.7 Å². The van der Waals surface area contributed by atoms with Gasteiger partial charge in [0.2, 0.25) is 5.91 Å². The molecule has 2 fully saturated rings. The number of hydrogen-bond donors (Lipinski definition) is 2. The van der Waals surface area contributed by atoms with E-state index in [9.17, 15) is 9.59 Å². The van der Waals surface area contributed by atoms with E-state index in [0.717, 1.165) is 13.0 Å². The fraction of sp³-hybridized carbons (Fsp3) is 0.556. The van der Waals surface area contributed by atoms with Gasteiger partial charge in [-0.05, 0) is 36.7 Å². The number of carbonyl (C=O) groups excluding carboxylic acids is 1. The lowest BCUT2D eigenvalue weighted by Crippen LogP contribution is -2.41. The van der Waals surface area contributed by atoms with Gasteiger partial charge in [0.25, 0.3) is 0 Å². The quantitative estimate of drug-likeness (QED) is 0.787. The monoisotopic (exact) mass is 352 g/mol. The SMILES string of the molecule is Cl.O=C(O)CN1C[C@H](NC(=O)CCc2ccccc2)[C@@H](C2CC2)C1. The highest BCUT2D eigenvalue weighted by Gasteiger charge is 2.43. The number of carboxylic acids is 1. The largest absolute Gasteiger partial charge is 0.480 e. The van der Waals surface area contributed by atoms with Crippen molar-refractivity contribution in [2.75, 3.05) is 19.6 Å². The lowest BCUT2D eigenvalue weighted by Gasteiger charge is -2.19. The number of hydrogen-bond acceptors (Lipinski definition) is 3. The van der Waals surface area contributed by atoms with Crippen LogP contribution in [-0.2, 0) is 16.0 Å². The van der Waals surface area contributed by atoms with Crippen LogP contribution < -0.4 is 5.32 Å². The van der Waals surface area contributed by atoms with Gasteiger partial charge >= 0.3 is 5.97 Å². The van der Waals surface area contributed by atoms with Crippen LogP contribution in [0.3, 0.4) is 0 Å². The first-order valence-corrected chi connectivity index (χ1v) is 8.39. The van der Waals surface area contributed by atoms with E-state index < -0.39 is 5.97 Å². The van der Waals surface area contributed by atoms with Crippen molar-refractivity contribution in [3.63, 3.8) is 0 Å². The minimum Gasteiger partial charge on any atom is -0.480 e. The summed E-state index contributed by atoms with van der Waals surface area (Å²) >= 11 is 0. The van der Waals surface area contributed by atoms with Gasteiger partial charge in [0.1, 0.15) is 0 Å². The molecule has 5 nitrogen and oxygen atoms in total. The van der Waals surface area contributed by atoms with E-state index in [0.29, 0.717) is 24.8 Å². The van der Waals surface area contributed by atoms with E-state index in [1.807, 2.05) is 35.2 Å². The van der Waals surface area contributed by atoms with Crippen molar-refractivity contribution in [2.24, 2.45) is 11.8 Å². The molecule has 24 heavy (non-hydrogen) atoms. The zero-order chi connectivity index (χ0) is 16.2. The van der Waals surface area contributed by atoms with Crippen molar-refractivity contribution in [1.29, 1.82) is 0 Å². The summed E-state index contributed by atoms with van der Waals surface area (Å²) in [5.74, 6) is 0.348. The Labute approximate surface area is 148 Å². The zero-order valence-corrected chi connectivity index (χ0v) is 14.5. The van der Waals surface area contributed by atoms with Crippen molar-refractivity contribution in [1.82, 2.24) is 10.2 Å². The second-order valence-corrected chi connectivity index (χ2v) is 6.75. The third kappa shape index (κ3) is 5.21. The molecule has 2 atom stereocenters. The van der Waals surface area contributed by atoms with E-state index in [-0.39, 0.29) is 30.9 Å². The van der Waals surface area contributed by atoms with Crippen LogP contribution in [0.4, 0.5) is 0 Å². The Morgan fingerprint density at radius 2 is 1.88 bits per heavy atom. The van der Waals surface area contributed by atoms with Gasteiger partial charge in [0.05, 0.1) is 6.54 Å². The highest BCUT2D eigenvalue weighted by molar-refractivity contribution is 5.85. The molecule has 3 rings (SSSR count). The third-order valence-corrected chi connectivity index (χ3v) is 4.86. The van der Waals surface area contributed by atoms with Crippen LogP contribution in [0.2, 0.25) is 0 Å². The van der Waals surface area contributed by atoms with Crippen LogP contribution in [-0.4, -0.2) is 47.6 Å². The van der Waals surface area contributed by atoms with Gasteiger partial charge < -0.3 is 10.4 Å². The lowest BCUT2D eigenvalue weighted by atomic mass is 9.98. The van der Waals surface area contributed by atoms with Crippen LogP contribution in [0.15, 0.2) is 30.3 Å². The topological polar surface area (TPSA) is 69.6 Å². The summed E-state index contributed by atoms with van der Waals surface area (Å²) in [6, 6.07) is 10.1. The molecule has 0 spiro atoms. The number of nitrogens with zero attached hydrogens (tertiary/aromatic N) is 1. The number of carbonyl (C=O) groups is 2. The highest BCUT2D eigenvalue weighted by atomic mass is 35.5. The minimum atomic E-state index is -0.796. The first kappa shape index (κ1) is 18.7. The minimum absolute atomic E-state index is 0. The number of nitrogens with one attached hydrogen (secondary N) is 1. The number of benzene rings is 1. The molecular formula is C18H25ClN2O3. The fourth-order valence-electron chi connectivity index (χ4n) is 3.57. The van der Waals surface area contributed by atoms with Gasteiger partial charge in [-0.25, -0.2) is 0 Å². The number of carboxylic acid groups (broad SMARTS) is 1. The molecule has 1 saturated carbocycles. The number of amides is 1. The average Bonchev–Trinajstić information content (AvgIpc) is 3.29. The van der Waals surface area contributed by atoms with Crippen LogP contribution in [0.5, 0.6) is 0 Å². The van der Waals surface area contributed by atoms with E-state index >= 15 is 0 Å². The van der Waals surface area contributed by atoms with Crippen LogP contribution in [0.25, 0.3) is 0 Å². The molecule has 1 aromatic carbocycles. The standard InChI is InChI=1S/C18H24N2O3.ClH/c21-17(9-6-13-4-2-1-3-5-13)19-16-11-20(12-18(22)23)10-15(16)14-7-8-14;/h1-5,14-16H,6-12H2,(H,19,21)(H,22,23);1H/t15-,16+;/m1./s1. The lowest BCUT2D eigenvalue weighted by molar-refractivity contribution is -0.138. The van der Waals surface area contributed by atoms with E-state index in [4.69, 9.17) is 5.11 Å². The van der Waals surface area contributed by atoms with Crippen molar-refractivity contribution >= 4 is 24.3 Å². The number of aryl methyl sites for hydroxylation is 1. The zero-order valence-electron chi connectivity index (χ0n) is 13.7. The van der Waals surface area contributed by atoms with Gasteiger partial charge in [-0.15, -0.1) is 12.4 Å². The summed E-state index contributed by atoms with van der Waals surface area (Å²) in [5, 5.41) is 12.1. The molecular weight excluding hydrogens is 328 g/mol. The maximum Gasteiger partial charge on any atom is 0.317 e. The number of likely N-dealkylation sites (tertiary alicyclic amines) is 1. The Bertz CT molecular complexity index is 563. The van der Waals surface area contributed by atoms with E-state index in [1.165, 1.54) is 18.4 Å². The Morgan fingerprint density at radius 1 is 1.17 bits per heavy atom. The summed E-state index contributed by atoms with van der Waals surface area (Å²) in [5.41, 5.74) is 1.17. The molecule has 1 aliphatic heterocycles. The summed E-state index contributed by atoms with van der Waals surface area (Å²) in [4.78, 5) is 25.1. The first-order chi connectivity index (χ1) is 11.1. The van der Waals surface area contributed by atoms with Gasteiger partial charge in [-0.1, -0.05) is 30.3 Å². The predicted molar refractivity (Wildman–Crippen MR) is 94.2 cm³/mol. The van der Waals surface area contributed by atoms with Crippen LogP contribution >= 0.6 is 12.4 Å². The smallest absolute Gasteiger partial charge is 0.317 e. The molecule has 132 valence electrons. The highest BCUT2D eigenvalue weighted by Crippen LogP contribution is 2.41. The van der Waals surface area contributed by atoms with Gasteiger partial charge in [0, 0.05) is 25.6 Å².